The van der Waals surface area contributed by atoms with Crippen LogP contribution in [0.1, 0.15) is 29.3 Å². The topological polar surface area (TPSA) is 81.8 Å². The van der Waals surface area contributed by atoms with Crippen LogP contribution in [0.15, 0.2) is 48.5 Å². The van der Waals surface area contributed by atoms with Crippen LogP contribution < -0.4 is 20.7 Å². The van der Waals surface area contributed by atoms with Gasteiger partial charge in [-0.3, -0.25) is 25.2 Å². The van der Waals surface area contributed by atoms with Gasteiger partial charge in [0, 0.05) is 44.0 Å². The molecule has 29 heavy (non-hydrogen) atoms. The first-order valence-corrected chi connectivity index (χ1v) is 9.66. The maximum atomic E-state index is 12.5. The first kappa shape index (κ1) is 20.4. The lowest BCUT2D eigenvalue weighted by molar-refractivity contribution is -0.126. The highest BCUT2D eigenvalue weighted by atomic mass is 16.2. The fraction of sp³-hybridized carbons (Fsp3) is 0.318. The molecule has 1 heterocycles. The van der Waals surface area contributed by atoms with Gasteiger partial charge in [0.05, 0.1) is 5.92 Å². The summed E-state index contributed by atoms with van der Waals surface area (Å²) in [5.74, 6) is -1.38. The van der Waals surface area contributed by atoms with Crippen molar-refractivity contribution in [2.45, 2.75) is 19.8 Å². The molecular weight excluding hydrogens is 368 g/mol. The molecule has 7 heteroatoms. The molecular formula is C22H26N4O3. The predicted molar refractivity (Wildman–Crippen MR) is 113 cm³/mol. The standard InChI is InChI=1S/C22H26N4O3/c1-4-15-7-5-10-19(11-15)26-14-17(13-20(26)27)22(29)24-23-21(28)16-8-6-9-18(12-16)25(2)3/h5-12,17H,4,13-14H2,1-3H3,(H,23,28)(H,24,29). The highest BCUT2D eigenvalue weighted by Crippen LogP contribution is 2.26. The van der Waals surface area contributed by atoms with Gasteiger partial charge in [-0.05, 0) is 42.3 Å². The van der Waals surface area contributed by atoms with Crippen molar-refractivity contribution >= 4 is 29.1 Å². The van der Waals surface area contributed by atoms with Gasteiger partial charge >= 0.3 is 0 Å². The molecule has 1 saturated heterocycles. The Morgan fingerprint density at radius 2 is 1.86 bits per heavy atom. The molecule has 0 bridgehead atoms. The molecule has 2 N–H and O–H groups in total. The van der Waals surface area contributed by atoms with Gasteiger partial charge < -0.3 is 9.80 Å². The van der Waals surface area contributed by atoms with Gasteiger partial charge in [0.25, 0.3) is 5.91 Å². The Kier molecular flexibility index (Phi) is 6.16. The molecule has 2 aromatic carbocycles. The van der Waals surface area contributed by atoms with E-state index in [4.69, 9.17) is 0 Å². The van der Waals surface area contributed by atoms with Crippen molar-refractivity contribution in [1.82, 2.24) is 10.9 Å². The van der Waals surface area contributed by atoms with E-state index in [-0.39, 0.29) is 18.2 Å². The average Bonchev–Trinajstić information content (AvgIpc) is 3.13. The molecule has 0 saturated carbocycles. The monoisotopic (exact) mass is 394 g/mol. The van der Waals surface area contributed by atoms with Crippen molar-refractivity contribution in [3.63, 3.8) is 0 Å². The van der Waals surface area contributed by atoms with Crippen LogP contribution in [0, 0.1) is 5.92 Å². The van der Waals surface area contributed by atoms with E-state index in [1.165, 1.54) is 0 Å². The number of amides is 3. The van der Waals surface area contributed by atoms with Crippen LogP contribution in [0.25, 0.3) is 0 Å². The van der Waals surface area contributed by atoms with Gasteiger partial charge in [-0.1, -0.05) is 25.1 Å². The molecule has 1 fully saturated rings. The molecule has 1 atom stereocenters. The van der Waals surface area contributed by atoms with E-state index >= 15 is 0 Å². The van der Waals surface area contributed by atoms with Crippen LogP contribution in [-0.2, 0) is 16.0 Å². The number of hydrogen-bond acceptors (Lipinski definition) is 4. The minimum atomic E-state index is -0.513. The number of hydrogen-bond donors (Lipinski definition) is 2. The molecule has 3 rings (SSSR count). The van der Waals surface area contributed by atoms with Crippen molar-refractivity contribution in [3.8, 4) is 0 Å². The van der Waals surface area contributed by atoms with E-state index in [1.54, 1.807) is 23.1 Å². The highest BCUT2D eigenvalue weighted by Gasteiger charge is 2.35. The van der Waals surface area contributed by atoms with Crippen molar-refractivity contribution in [2.24, 2.45) is 5.92 Å². The van der Waals surface area contributed by atoms with Gasteiger partial charge in [0.2, 0.25) is 11.8 Å². The summed E-state index contributed by atoms with van der Waals surface area (Å²) in [4.78, 5) is 40.8. The molecule has 0 aromatic heterocycles. The zero-order valence-corrected chi connectivity index (χ0v) is 16.9. The fourth-order valence-corrected chi connectivity index (χ4v) is 3.29. The minimum Gasteiger partial charge on any atom is -0.378 e. The summed E-state index contributed by atoms with van der Waals surface area (Å²) >= 11 is 0. The summed E-state index contributed by atoms with van der Waals surface area (Å²) < 4.78 is 0. The molecule has 1 aliphatic rings. The lowest BCUT2D eigenvalue weighted by Gasteiger charge is -2.18. The number of nitrogens with zero attached hydrogens (tertiary/aromatic N) is 2. The van der Waals surface area contributed by atoms with E-state index in [1.807, 2.05) is 49.3 Å². The second kappa shape index (κ2) is 8.77. The number of carbonyl (C=O) groups excluding carboxylic acids is 3. The normalized spacial score (nSPS) is 15.9. The van der Waals surface area contributed by atoms with E-state index < -0.39 is 11.8 Å². The highest BCUT2D eigenvalue weighted by molar-refractivity contribution is 6.01. The summed E-state index contributed by atoms with van der Waals surface area (Å²) in [7, 11) is 3.77. The maximum absolute atomic E-state index is 12.5. The average molecular weight is 394 g/mol. The van der Waals surface area contributed by atoms with Gasteiger partial charge in [-0.15, -0.1) is 0 Å². The third-order valence-electron chi connectivity index (χ3n) is 5.05. The van der Waals surface area contributed by atoms with E-state index in [9.17, 15) is 14.4 Å². The molecule has 1 aliphatic heterocycles. The second-order valence-electron chi connectivity index (χ2n) is 7.32. The quantitative estimate of drug-likeness (QED) is 0.762. The molecule has 3 amide bonds. The van der Waals surface area contributed by atoms with Crippen LogP contribution in [0.4, 0.5) is 11.4 Å². The zero-order valence-electron chi connectivity index (χ0n) is 16.9. The van der Waals surface area contributed by atoms with Crippen LogP contribution >= 0.6 is 0 Å². The number of carbonyl (C=O) groups is 3. The number of rotatable bonds is 5. The molecule has 0 aliphatic carbocycles. The maximum Gasteiger partial charge on any atom is 0.269 e. The largest absolute Gasteiger partial charge is 0.378 e. The van der Waals surface area contributed by atoms with Crippen molar-refractivity contribution < 1.29 is 14.4 Å². The van der Waals surface area contributed by atoms with E-state index in [0.717, 1.165) is 23.4 Å². The van der Waals surface area contributed by atoms with E-state index in [0.29, 0.717) is 12.1 Å². The Labute approximate surface area is 170 Å². The SMILES string of the molecule is CCc1cccc(N2CC(C(=O)NNC(=O)c3cccc(N(C)C)c3)CC2=O)c1. The summed E-state index contributed by atoms with van der Waals surface area (Å²) in [6.45, 7) is 2.35. The lowest BCUT2D eigenvalue weighted by Crippen LogP contribution is -2.45. The zero-order chi connectivity index (χ0) is 21.0. The van der Waals surface area contributed by atoms with Crippen LogP contribution in [0.5, 0.6) is 0 Å². The Balaban J connectivity index is 1.59. The number of nitrogens with one attached hydrogen (secondary N) is 2. The Bertz CT molecular complexity index is 926. The third-order valence-corrected chi connectivity index (χ3v) is 5.05. The molecule has 1 unspecified atom stereocenters. The van der Waals surface area contributed by atoms with Gasteiger partial charge in [0.1, 0.15) is 0 Å². The Hall–Kier alpha value is -3.35. The number of anilines is 2. The van der Waals surface area contributed by atoms with Gasteiger partial charge in [-0.2, -0.15) is 0 Å². The number of hydrazine groups is 1. The van der Waals surface area contributed by atoms with Crippen LogP contribution in [-0.4, -0.2) is 38.4 Å². The van der Waals surface area contributed by atoms with Crippen molar-refractivity contribution in [1.29, 1.82) is 0 Å². The van der Waals surface area contributed by atoms with E-state index in [2.05, 4.69) is 17.8 Å². The third kappa shape index (κ3) is 4.74. The summed E-state index contributed by atoms with van der Waals surface area (Å²) in [6, 6.07) is 14.9. The molecule has 0 radical (unpaired) electrons. The first-order valence-electron chi connectivity index (χ1n) is 9.66. The summed E-state index contributed by atoms with van der Waals surface area (Å²) in [5.41, 5.74) is 8.16. The Morgan fingerprint density at radius 3 is 2.59 bits per heavy atom. The number of benzene rings is 2. The van der Waals surface area contributed by atoms with Crippen molar-refractivity contribution in [3.05, 3.63) is 59.7 Å². The van der Waals surface area contributed by atoms with Crippen LogP contribution in [0.2, 0.25) is 0 Å². The van der Waals surface area contributed by atoms with Crippen LogP contribution in [0.3, 0.4) is 0 Å². The first-order chi connectivity index (χ1) is 13.9. The summed E-state index contributed by atoms with van der Waals surface area (Å²) in [6.07, 6.45) is 0.995. The Morgan fingerprint density at radius 1 is 1.10 bits per heavy atom. The molecule has 152 valence electrons. The molecule has 7 nitrogen and oxygen atoms in total. The fourth-order valence-electron chi connectivity index (χ4n) is 3.29. The predicted octanol–water partition coefficient (Wildman–Crippen LogP) is 2.13. The van der Waals surface area contributed by atoms with Gasteiger partial charge in [0.15, 0.2) is 0 Å². The van der Waals surface area contributed by atoms with Gasteiger partial charge in [-0.25, -0.2) is 0 Å². The summed E-state index contributed by atoms with van der Waals surface area (Å²) in [5, 5.41) is 0. The lowest BCUT2D eigenvalue weighted by atomic mass is 10.1. The smallest absolute Gasteiger partial charge is 0.269 e. The molecule has 0 spiro atoms. The van der Waals surface area contributed by atoms with Crippen molar-refractivity contribution in [2.75, 3.05) is 30.4 Å². The molecule has 2 aromatic rings. The minimum absolute atomic E-state index is 0.0941. The number of aryl methyl sites for hydroxylation is 1. The second-order valence-corrected chi connectivity index (χ2v) is 7.32.